The highest BCUT2D eigenvalue weighted by atomic mass is 79.9. The molecule has 2 atom stereocenters. The van der Waals surface area contributed by atoms with Crippen molar-refractivity contribution in [3.8, 4) is 0 Å². The number of carbonyl (C=O) groups is 1. The van der Waals surface area contributed by atoms with Crippen LogP contribution in [-0.2, 0) is 9.53 Å². The smallest absolute Gasteiger partial charge is 0.220 e. The van der Waals surface area contributed by atoms with Crippen LogP contribution in [0.1, 0.15) is 44.2 Å². The van der Waals surface area contributed by atoms with E-state index in [1.54, 1.807) is 0 Å². The fourth-order valence-corrected chi connectivity index (χ4v) is 2.58. The van der Waals surface area contributed by atoms with Crippen molar-refractivity contribution >= 4 is 21.8 Å². The van der Waals surface area contributed by atoms with Crippen LogP contribution in [0.25, 0.3) is 0 Å². The van der Waals surface area contributed by atoms with Crippen LogP contribution in [0.3, 0.4) is 0 Å². The summed E-state index contributed by atoms with van der Waals surface area (Å²) in [4.78, 5) is 11.9. The average Bonchev–Trinajstić information content (AvgIpc) is 2.90. The van der Waals surface area contributed by atoms with Gasteiger partial charge in [0.05, 0.1) is 12.1 Å². The Kier molecular flexibility index (Phi) is 5.40. The Bertz CT molecular complexity index is 413. The Labute approximate surface area is 122 Å². The second-order valence-electron chi connectivity index (χ2n) is 5.01. The number of hydrogen-bond donors (Lipinski definition) is 1. The Hall–Kier alpha value is -0.870. The first-order valence-corrected chi connectivity index (χ1v) is 7.61. The maximum atomic E-state index is 11.9. The molecule has 1 aliphatic rings. The summed E-state index contributed by atoms with van der Waals surface area (Å²) >= 11 is 3.41. The topological polar surface area (TPSA) is 38.3 Å². The van der Waals surface area contributed by atoms with Gasteiger partial charge >= 0.3 is 0 Å². The molecule has 3 nitrogen and oxygen atoms in total. The fourth-order valence-electron chi connectivity index (χ4n) is 2.31. The van der Waals surface area contributed by atoms with Gasteiger partial charge < -0.3 is 10.1 Å². The molecule has 0 aliphatic carbocycles. The fraction of sp³-hybridized carbons (Fsp3) is 0.533. The largest absolute Gasteiger partial charge is 0.378 e. The van der Waals surface area contributed by atoms with Crippen LogP contribution in [0.4, 0.5) is 0 Å². The minimum absolute atomic E-state index is 0.0464. The maximum absolute atomic E-state index is 11.9. The van der Waals surface area contributed by atoms with Crippen molar-refractivity contribution in [2.75, 3.05) is 6.61 Å². The number of hydrogen-bond acceptors (Lipinski definition) is 2. The lowest BCUT2D eigenvalue weighted by Gasteiger charge is -2.15. The van der Waals surface area contributed by atoms with E-state index < -0.39 is 0 Å². The van der Waals surface area contributed by atoms with Crippen LogP contribution in [0.15, 0.2) is 28.7 Å². The minimum atomic E-state index is 0.0464. The normalized spacial score (nSPS) is 20.2. The Morgan fingerprint density at radius 2 is 2.21 bits per heavy atom. The van der Waals surface area contributed by atoms with Crippen molar-refractivity contribution in [3.05, 3.63) is 34.3 Å². The number of halogens is 1. The van der Waals surface area contributed by atoms with E-state index in [9.17, 15) is 4.79 Å². The summed E-state index contributed by atoms with van der Waals surface area (Å²) in [5.41, 5.74) is 1.12. The molecule has 1 heterocycles. The van der Waals surface area contributed by atoms with Crippen LogP contribution in [0, 0.1) is 0 Å². The van der Waals surface area contributed by atoms with Gasteiger partial charge in [-0.25, -0.2) is 0 Å². The van der Waals surface area contributed by atoms with E-state index in [0.717, 1.165) is 35.9 Å². The summed E-state index contributed by atoms with van der Waals surface area (Å²) in [6.07, 6.45) is 3.88. The van der Waals surface area contributed by atoms with Gasteiger partial charge in [0.2, 0.25) is 5.91 Å². The Balaban J connectivity index is 1.76. The van der Waals surface area contributed by atoms with E-state index in [4.69, 9.17) is 4.74 Å². The molecule has 1 amide bonds. The van der Waals surface area contributed by atoms with Crippen molar-refractivity contribution in [1.29, 1.82) is 0 Å². The minimum Gasteiger partial charge on any atom is -0.378 e. The zero-order valence-corrected chi connectivity index (χ0v) is 12.8. The van der Waals surface area contributed by atoms with E-state index in [1.165, 1.54) is 0 Å². The molecule has 0 radical (unpaired) electrons. The summed E-state index contributed by atoms with van der Waals surface area (Å²) in [5, 5.41) is 3.03. The summed E-state index contributed by atoms with van der Waals surface area (Å²) in [6, 6.07) is 8.07. The van der Waals surface area contributed by atoms with E-state index >= 15 is 0 Å². The molecule has 2 rings (SSSR count). The number of rotatable bonds is 5. The van der Waals surface area contributed by atoms with Crippen LogP contribution in [0.2, 0.25) is 0 Å². The van der Waals surface area contributed by atoms with Gasteiger partial charge in [-0.2, -0.15) is 0 Å². The van der Waals surface area contributed by atoms with E-state index in [-0.39, 0.29) is 18.1 Å². The highest BCUT2D eigenvalue weighted by molar-refractivity contribution is 9.10. The van der Waals surface area contributed by atoms with Gasteiger partial charge in [-0.05, 0) is 43.9 Å². The summed E-state index contributed by atoms with van der Waals surface area (Å²) < 4.78 is 6.57. The van der Waals surface area contributed by atoms with Crippen LogP contribution >= 0.6 is 15.9 Å². The lowest BCUT2D eigenvalue weighted by molar-refractivity contribution is -0.122. The zero-order valence-electron chi connectivity index (χ0n) is 11.2. The summed E-state index contributed by atoms with van der Waals surface area (Å²) in [7, 11) is 0. The first-order valence-electron chi connectivity index (χ1n) is 6.81. The number of amides is 1. The molecule has 104 valence electrons. The second kappa shape index (κ2) is 7.06. The molecule has 0 saturated carbocycles. The predicted octanol–water partition coefficient (Wildman–Crippen LogP) is 3.59. The van der Waals surface area contributed by atoms with Crippen LogP contribution < -0.4 is 5.32 Å². The van der Waals surface area contributed by atoms with Gasteiger partial charge in [-0.3, -0.25) is 4.79 Å². The lowest BCUT2D eigenvalue weighted by Crippen LogP contribution is -2.27. The summed E-state index contributed by atoms with van der Waals surface area (Å²) in [6.45, 7) is 2.86. The highest BCUT2D eigenvalue weighted by Crippen LogP contribution is 2.18. The standard InChI is InChI=1S/C15H20BrNO2/c1-11(12-4-6-13(16)7-5-12)17-15(18)9-8-14-3-2-10-19-14/h4-7,11,14H,2-3,8-10H2,1H3,(H,17,18). The molecule has 4 heteroatoms. The van der Waals surface area contributed by atoms with E-state index in [1.807, 2.05) is 31.2 Å². The van der Waals surface area contributed by atoms with Crippen LogP contribution in [0.5, 0.6) is 0 Å². The third-order valence-corrected chi connectivity index (χ3v) is 3.99. The van der Waals surface area contributed by atoms with Gasteiger partial charge in [0.25, 0.3) is 0 Å². The molecule has 1 aromatic rings. The van der Waals surface area contributed by atoms with Gasteiger partial charge in [-0.15, -0.1) is 0 Å². The molecule has 0 spiro atoms. The Morgan fingerprint density at radius 1 is 1.47 bits per heavy atom. The molecule has 1 aliphatic heterocycles. The monoisotopic (exact) mass is 325 g/mol. The molecule has 0 aromatic heterocycles. The predicted molar refractivity (Wildman–Crippen MR) is 78.9 cm³/mol. The number of benzene rings is 1. The lowest BCUT2D eigenvalue weighted by atomic mass is 10.1. The quantitative estimate of drug-likeness (QED) is 0.898. The molecule has 1 fully saturated rings. The SMILES string of the molecule is CC(NC(=O)CCC1CCCO1)c1ccc(Br)cc1. The zero-order chi connectivity index (χ0) is 13.7. The van der Waals surface area contributed by atoms with Gasteiger partial charge in [0.1, 0.15) is 0 Å². The molecule has 2 unspecified atom stereocenters. The molecule has 1 saturated heterocycles. The second-order valence-corrected chi connectivity index (χ2v) is 5.93. The number of carbonyl (C=O) groups excluding carboxylic acids is 1. The van der Waals surface area contributed by atoms with Crippen molar-refractivity contribution < 1.29 is 9.53 Å². The first kappa shape index (κ1) is 14.5. The van der Waals surface area contributed by atoms with Crippen molar-refractivity contribution in [3.63, 3.8) is 0 Å². The number of nitrogens with one attached hydrogen (secondary N) is 1. The van der Waals surface area contributed by atoms with Gasteiger partial charge in [-0.1, -0.05) is 28.1 Å². The average molecular weight is 326 g/mol. The third kappa shape index (κ3) is 4.62. The highest BCUT2D eigenvalue weighted by Gasteiger charge is 2.17. The van der Waals surface area contributed by atoms with E-state index in [0.29, 0.717) is 6.42 Å². The molecular formula is C15H20BrNO2. The third-order valence-electron chi connectivity index (χ3n) is 3.46. The van der Waals surface area contributed by atoms with Gasteiger partial charge in [0.15, 0.2) is 0 Å². The number of ether oxygens (including phenoxy) is 1. The summed E-state index contributed by atoms with van der Waals surface area (Å²) in [5.74, 6) is 0.103. The molecule has 0 bridgehead atoms. The molecule has 19 heavy (non-hydrogen) atoms. The maximum Gasteiger partial charge on any atom is 0.220 e. The Morgan fingerprint density at radius 3 is 2.84 bits per heavy atom. The van der Waals surface area contributed by atoms with Crippen LogP contribution in [-0.4, -0.2) is 18.6 Å². The first-order chi connectivity index (χ1) is 9.15. The van der Waals surface area contributed by atoms with Gasteiger partial charge in [0, 0.05) is 17.5 Å². The van der Waals surface area contributed by atoms with Crippen molar-refractivity contribution in [2.24, 2.45) is 0 Å². The van der Waals surface area contributed by atoms with E-state index in [2.05, 4.69) is 21.2 Å². The molecular weight excluding hydrogens is 306 g/mol. The molecule has 1 N–H and O–H groups in total. The van der Waals surface area contributed by atoms with Crippen molar-refractivity contribution in [1.82, 2.24) is 5.32 Å². The molecule has 1 aromatic carbocycles. The van der Waals surface area contributed by atoms with Crippen molar-refractivity contribution in [2.45, 2.75) is 44.8 Å².